The Morgan fingerprint density at radius 1 is 1.17 bits per heavy atom. The highest BCUT2D eigenvalue weighted by Gasteiger charge is 2.32. The van der Waals surface area contributed by atoms with Gasteiger partial charge in [0.15, 0.2) is 5.65 Å². The van der Waals surface area contributed by atoms with Crippen LogP contribution in [0.15, 0.2) is 36.8 Å². The van der Waals surface area contributed by atoms with Gasteiger partial charge in [0.2, 0.25) is 5.88 Å². The molecule has 0 aliphatic carbocycles. The molecule has 5 rings (SSSR count). The number of rotatable bonds is 3. The van der Waals surface area contributed by atoms with E-state index in [1.165, 1.54) is 12.3 Å². The lowest BCUT2D eigenvalue weighted by molar-refractivity contribution is 0.101. The monoisotopic (exact) mass is 392 g/mol. The number of aromatic nitrogens is 6. The predicted molar refractivity (Wildman–Crippen MR) is 107 cm³/mol. The van der Waals surface area contributed by atoms with E-state index in [1.54, 1.807) is 6.07 Å². The Kier molecular flexibility index (Phi) is 3.90. The van der Waals surface area contributed by atoms with Gasteiger partial charge in [0.05, 0.1) is 36.8 Å². The van der Waals surface area contributed by atoms with Crippen molar-refractivity contribution in [1.82, 2.24) is 29.5 Å². The summed E-state index contributed by atoms with van der Waals surface area (Å²) in [6, 6.07) is 5.07. The van der Waals surface area contributed by atoms with E-state index in [0.29, 0.717) is 23.9 Å². The Labute approximate surface area is 167 Å². The SMILES string of the molecule is CCn1ncc2cc(-c3c(-c4ccc(F)cn4)nn4c3OCC(C)(C)C4)cnc21. The lowest BCUT2D eigenvalue weighted by atomic mass is 9.94. The maximum atomic E-state index is 13.4. The summed E-state index contributed by atoms with van der Waals surface area (Å²) < 4.78 is 23.3. The standard InChI is InChI=1S/C21H21FN6O/c1-4-27-19-14(9-25-27)7-13(8-24-19)17-18(16-6-5-15(22)10-23-16)26-28-11-21(2,3)12-29-20(17)28/h5-10H,4,11-12H2,1-3H3. The molecule has 0 saturated heterocycles. The van der Waals surface area contributed by atoms with Crippen molar-refractivity contribution in [2.24, 2.45) is 5.41 Å². The van der Waals surface area contributed by atoms with Crippen molar-refractivity contribution in [3.05, 3.63) is 42.6 Å². The van der Waals surface area contributed by atoms with Gasteiger partial charge in [0.1, 0.15) is 11.5 Å². The van der Waals surface area contributed by atoms with E-state index < -0.39 is 0 Å². The molecule has 8 heteroatoms. The highest BCUT2D eigenvalue weighted by atomic mass is 19.1. The van der Waals surface area contributed by atoms with Crippen LogP contribution in [0, 0.1) is 11.2 Å². The topological polar surface area (TPSA) is 70.7 Å². The van der Waals surface area contributed by atoms with Gasteiger partial charge in [-0.25, -0.2) is 18.7 Å². The van der Waals surface area contributed by atoms with Gasteiger partial charge in [0, 0.05) is 29.1 Å². The molecule has 148 valence electrons. The van der Waals surface area contributed by atoms with Crippen molar-refractivity contribution in [1.29, 1.82) is 0 Å². The summed E-state index contributed by atoms with van der Waals surface area (Å²) in [5.41, 5.74) is 3.74. The minimum atomic E-state index is -0.383. The Morgan fingerprint density at radius 2 is 2.03 bits per heavy atom. The van der Waals surface area contributed by atoms with Crippen LogP contribution in [0.3, 0.4) is 0 Å². The van der Waals surface area contributed by atoms with Gasteiger partial charge in [-0.2, -0.15) is 10.2 Å². The molecule has 1 aliphatic heterocycles. The third-order valence-corrected chi connectivity index (χ3v) is 5.12. The van der Waals surface area contributed by atoms with E-state index in [-0.39, 0.29) is 11.2 Å². The van der Waals surface area contributed by atoms with Crippen molar-refractivity contribution in [3.63, 3.8) is 0 Å². The third-order valence-electron chi connectivity index (χ3n) is 5.12. The van der Waals surface area contributed by atoms with Crippen LogP contribution in [0.25, 0.3) is 33.5 Å². The van der Waals surface area contributed by atoms with Gasteiger partial charge < -0.3 is 4.74 Å². The Hall–Kier alpha value is -3.29. The number of hydrogen-bond donors (Lipinski definition) is 0. The lowest BCUT2D eigenvalue weighted by Gasteiger charge is -2.30. The Bertz CT molecular complexity index is 1210. The second-order valence-electron chi connectivity index (χ2n) is 8.10. The minimum Gasteiger partial charge on any atom is -0.477 e. The van der Waals surface area contributed by atoms with E-state index in [9.17, 15) is 4.39 Å². The molecule has 4 aromatic rings. The maximum absolute atomic E-state index is 13.4. The summed E-state index contributed by atoms with van der Waals surface area (Å²) in [4.78, 5) is 8.87. The number of hydrogen-bond acceptors (Lipinski definition) is 5. The van der Waals surface area contributed by atoms with Gasteiger partial charge in [-0.3, -0.25) is 4.98 Å². The Balaban J connectivity index is 1.72. The molecule has 0 amide bonds. The zero-order valence-corrected chi connectivity index (χ0v) is 16.6. The van der Waals surface area contributed by atoms with E-state index in [2.05, 4.69) is 28.9 Å². The lowest BCUT2D eigenvalue weighted by Crippen LogP contribution is -2.33. The van der Waals surface area contributed by atoms with Crippen LogP contribution in [0.5, 0.6) is 5.88 Å². The van der Waals surface area contributed by atoms with Crippen LogP contribution in [0.1, 0.15) is 20.8 Å². The molecule has 7 nitrogen and oxygen atoms in total. The molecule has 0 bridgehead atoms. The highest BCUT2D eigenvalue weighted by molar-refractivity contribution is 5.88. The van der Waals surface area contributed by atoms with Crippen molar-refractivity contribution < 1.29 is 9.13 Å². The number of pyridine rings is 2. The van der Waals surface area contributed by atoms with Crippen LogP contribution in [-0.4, -0.2) is 36.1 Å². The molecule has 0 unspecified atom stereocenters. The van der Waals surface area contributed by atoms with Gasteiger partial charge in [-0.1, -0.05) is 13.8 Å². The third kappa shape index (κ3) is 2.95. The predicted octanol–water partition coefficient (Wildman–Crippen LogP) is 3.93. The molecule has 0 N–H and O–H groups in total. The molecule has 5 heterocycles. The first kappa shape index (κ1) is 17.8. The smallest absolute Gasteiger partial charge is 0.220 e. The number of aryl methyl sites for hydroxylation is 1. The maximum Gasteiger partial charge on any atom is 0.220 e. The van der Waals surface area contributed by atoms with Crippen LogP contribution in [-0.2, 0) is 13.1 Å². The first-order valence-corrected chi connectivity index (χ1v) is 9.63. The van der Waals surface area contributed by atoms with Gasteiger partial charge in [0.25, 0.3) is 0 Å². The molecule has 1 aliphatic rings. The highest BCUT2D eigenvalue weighted by Crippen LogP contribution is 2.42. The van der Waals surface area contributed by atoms with Crippen LogP contribution < -0.4 is 4.74 Å². The van der Waals surface area contributed by atoms with Crippen molar-refractivity contribution in [3.8, 4) is 28.4 Å². The summed E-state index contributed by atoms with van der Waals surface area (Å²) in [6.45, 7) is 8.37. The summed E-state index contributed by atoms with van der Waals surface area (Å²) in [7, 11) is 0. The fourth-order valence-corrected chi connectivity index (χ4v) is 3.71. The summed E-state index contributed by atoms with van der Waals surface area (Å²) >= 11 is 0. The average Bonchev–Trinajstić information content (AvgIpc) is 3.27. The van der Waals surface area contributed by atoms with E-state index in [4.69, 9.17) is 9.84 Å². The van der Waals surface area contributed by atoms with Crippen molar-refractivity contribution in [2.75, 3.05) is 6.61 Å². The normalized spacial score (nSPS) is 15.3. The van der Waals surface area contributed by atoms with Crippen molar-refractivity contribution >= 4 is 11.0 Å². The molecular formula is C21H21FN6O. The fraction of sp³-hybridized carbons (Fsp3) is 0.333. The quantitative estimate of drug-likeness (QED) is 0.528. The first-order chi connectivity index (χ1) is 13.9. The molecule has 29 heavy (non-hydrogen) atoms. The molecule has 0 fully saturated rings. The van der Waals surface area contributed by atoms with E-state index in [1.807, 2.05) is 34.7 Å². The molecular weight excluding hydrogens is 371 g/mol. The summed E-state index contributed by atoms with van der Waals surface area (Å²) in [5.74, 6) is 0.307. The molecule has 0 atom stereocenters. The number of ether oxygens (including phenoxy) is 1. The number of halogens is 1. The first-order valence-electron chi connectivity index (χ1n) is 9.63. The number of nitrogens with zero attached hydrogens (tertiary/aromatic N) is 6. The average molecular weight is 392 g/mol. The molecule has 0 aromatic carbocycles. The molecule has 0 saturated carbocycles. The fourth-order valence-electron chi connectivity index (χ4n) is 3.71. The Morgan fingerprint density at radius 3 is 2.79 bits per heavy atom. The molecule has 0 radical (unpaired) electrons. The molecule has 4 aromatic heterocycles. The van der Waals surface area contributed by atoms with Crippen LogP contribution in [0.2, 0.25) is 0 Å². The van der Waals surface area contributed by atoms with Crippen LogP contribution in [0.4, 0.5) is 4.39 Å². The van der Waals surface area contributed by atoms with Gasteiger partial charge in [-0.05, 0) is 25.1 Å². The zero-order chi connectivity index (χ0) is 20.2. The molecule has 0 spiro atoms. The van der Waals surface area contributed by atoms with Gasteiger partial charge >= 0.3 is 0 Å². The summed E-state index contributed by atoms with van der Waals surface area (Å²) in [6.07, 6.45) is 4.82. The van der Waals surface area contributed by atoms with E-state index >= 15 is 0 Å². The van der Waals surface area contributed by atoms with Crippen LogP contribution >= 0.6 is 0 Å². The summed E-state index contributed by atoms with van der Waals surface area (Å²) in [5, 5.41) is 10.1. The van der Waals surface area contributed by atoms with E-state index in [0.717, 1.165) is 35.2 Å². The number of fused-ring (bicyclic) bond motifs is 2. The zero-order valence-electron chi connectivity index (χ0n) is 16.6. The second kappa shape index (κ2) is 6.37. The second-order valence-corrected chi connectivity index (χ2v) is 8.10. The minimum absolute atomic E-state index is 0.0335. The van der Waals surface area contributed by atoms with Crippen molar-refractivity contribution in [2.45, 2.75) is 33.9 Å². The largest absolute Gasteiger partial charge is 0.477 e. The van der Waals surface area contributed by atoms with Gasteiger partial charge in [-0.15, -0.1) is 0 Å².